The van der Waals surface area contributed by atoms with Crippen molar-refractivity contribution < 1.29 is 10.1 Å². The van der Waals surface area contributed by atoms with Gasteiger partial charge in [-0.15, -0.1) is 0 Å². The molecule has 0 atom stereocenters. The summed E-state index contributed by atoms with van der Waals surface area (Å²) < 4.78 is 0. The first-order chi connectivity index (χ1) is 11.8. The Hall–Kier alpha value is -3.42. The van der Waals surface area contributed by atoms with Crippen LogP contribution in [0.2, 0.25) is 0 Å². The van der Waals surface area contributed by atoms with E-state index in [9.17, 15) is 15.3 Å². The van der Waals surface area contributed by atoms with Crippen LogP contribution in [0.25, 0.3) is 5.69 Å². The molecular formula is C17H17N5O3. The van der Waals surface area contributed by atoms with Crippen molar-refractivity contribution in [2.45, 2.75) is 20.8 Å². The van der Waals surface area contributed by atoms with Crippen LogP contribution in [0.4, 0.5) is 11.5 Å². The molecule has 3 aromatic rings. The molecule has 3 rings (SSSR count). The third-order valence-corrected chi connectivity index (χ3v) is 3.61. The average Bonchev–Trinajstić information content (AvgIpc) is 2.84. The third-order valence-electron chi connectivity index (χ3n) is 3.61. The summed E-state index contributed by atoms with van der Waals surface area (Å²) >= 11 is 0. The maximum Gasteiger partial charge on any atom is 0.438 e. The van der Waals surface area contributed by atoms with Crippen LogP contribution < -0.4 is 5.49 Å². The summed E-state index contributed by atoms with van der Waals surface area (Å²) in [6.45, 7) is 5.69. The van der Waals surface area contributed by atoms with Crippen molar-refractivity contribution in [2.75, 3.05) is 0 Å². The van der Waals surface area contributed by atoms with Gasteiger partial charge < -0.3 is 15.3 Å². The molecule has 0 bridgehead atoms. The van der Waals surface area contributed by atoms with Gasteiger partial charge in [0.2, 0.25) is 0 Å². The Balaban J connectivity index is 2.26. The Bertz CT molecular complexity index is 1010. The molecule has 0 amide bonds. The predicted octanol–water partition coefficient (Wildman–Crippen LogP) is 2.98. The smallest absolute Gasteiger partial charge is 0.409 e. The van der Waals surface area contributed by atoms with E-state index in [1.165, 1.54) is 0 Å². The average molecular weight is 339 g/mol. The van der Waals surface area contributed by atoms with E-state index in [0.29, 0.717) is 16.2 Å². The Morgan fingerprint density at radius 3 is 2.36 bits per heavy atom. The monoisotopic (exact) mass is 339 g/mol. The van der Waals surface area contributed by atoms with Crippen LogP contribution in [0, 0.1) is 30.9 Å². The van der Waals surface area contributed by atoms with E-state index in [4.69, 9.17) is 0 Å². The van der Waals surface area contributed by atoms with Crippen LogP contribution in [0.15, 0.2) is 47.5 Å². The minimum Gasteiger partial charge on any atom is -0.409 e. The zero-order valence-corrected chi connectivity index (χ0v) is 14.0. The molecule has 1 aromatic heterocycles. The second kappa shape index (κ2) is 6.23. The van der Waals surface area contributed by atoms with Crippen molar-refractivity contribution in [1.29, 1.82) is 0 Å². The minimum absolute atomic E-state index is 0.239. The number of rotatable bonds is 3. The summed E-state index contributed by atoms with van der Waals surface area (Å²) in [7, 11) is 0. The molecule has 128 valence electrons. The Kier molecular flexibility index (Phi) is 4.10. The molecule has 0 saturated heterocycles. The lowest BCUT2D eigenvalue weighted by Gasteiger charge is -2.01. The molecule has 0 aliphatic heterocycles. The fourth-order valence-corrected chi connectivity index (χ4v) is 2.63. The quantitative estimate of drug-likeness (QED) is 0.450. The van der Waals surface area contributed by atoms with Crippen LogP contribution >= 0.6 is 0 Å². The predicted molar refractivity (Wildman–Crippen MR) is 91.3 cm³/mol. The number of nitro groups is 1. The molecule has 1 N–H and O–H groups in total. The summed E-state index contributed by atoms with van der Waals surface area (Å²) in [4.78, 5) is 16.6. The van der Waals surface area contributed by atoms with Gasteiger partial charge in [0.05, 0.1) is 10.8 Å². The van der Waals surface area contributed by atoms with Crippen LogP contribution in [0.3, 0.4) is 0 Å². The fourth-order valence-electron chi connectivity index (χ4n) is 2.63. The first kappa shape index (κ1) is 16.4. The highest BCUT2D eigenvalue weighted by atomic mass is 16.6. The lowest BCUT2D eigenvalue weighted by molar-refractivity contribution is -0.391. The van der Waals surface area contributed by atoms with Gasteiger partial charge in [-0.05, 0) is 71.4 Å². The van der Waals surface area contributed by atoms with E-state index in [0.717, 1.165) is 21.5 Å². The molecule has 0 fully saturated rings. The van der Waals surface area contributed by atoms with Crippen LogP contribution in [-0.2, 0) is 0 Å². The largest absolute Gasteiger partial charge is 0.438 e. The standard InChI is InChI=1S/C17H17N5O3/c1-11-5-4-6-15(10-11)20-19-17(22(24)25)16(21(20)23)18-14-8-12(2)7-13(3)9-14/h4-10,23H,1-3H3. The highest BCUT2D eigenvalue weighted by Crippen LogP contribution is 2.17. The first-order valence-corrected chi connectivity index (χ1v) is 7.61. The van der Waals surface area contributed by atoms with Crippen molar-refractivity contribution in [3.8, 4) is 5.69 Å². The van der Waals surface area contributed by atoms with Gasteiger partial charge in [-0.25, -0.2) is 4.99 Å². The van der Waals surface area contributed by atoms with Crippen molar-refractivity contribution in [3.05, 3.63) is 74.8 Å². The van der Waals surface area contributed by atoms with Crippen LogP contribution in [0.5, 0.6) is 0 Å². The normalized spacial score (nSPS) is 11.7. The summed E-state index contributed by atoms with van der Waals surface area (Å²) in [5.74, 6) is -0.525. The number of benzene rings is 2. The van der Waals surface area contributed by atoms with E-state index < -0.39 is 10.7 Å². The Morgan fingerprint density at radius 1 is 1.08 bits per heavy atom. The lowest BCUT2D eigenvalue weighted by Crippen LogP contribution is -2.22. The number of hydrogen-bond donors (Lipinski definition) is 1. The lowest BCUT2D eigenvalue weighted by atomic mass is 10.1. The van der Waals surface area contributed by atoms with Gasteiger partial charge >= 0.3 is 5.82 Å². The van der Waals surface area contributed by atoms with Gasteiger partial charge in [-0.2, -0.15) is 0 Å². The summed E-state index contributed by atoms with van der Waals surface area (Å²) in [5.41, 5.74) is 3.63. The highest BCUT2D eigenvalue weighted by Gasteiger charge is 2.24. The maximum absolute atomic E-state index is 11.4. The zero-order valence-electron chi connectivity index (χ0n) is 14.0. The van der Waals surface area contributed by atoms with E-state index in [2.05, 4.69) is 10.1 Å². The van der Waals surface area contributed by atoms with Gasteiger partial charge in [-0.3, -0.25) is 0 Å². The van der Waals surface area contributed by atoms with Crippen LogP contribution in [-0.4, -0.2) is 24.9 Å². The molecular weight excluding hydrogens is 322 g/mol. The van der Waals surface area contributed by atoms with E-state index in [1.807, 2.05) is 32.9 Å². The van der Waals surface area contributed by atoms with E-state index in [1.54, 1.807) is 30.3 Å². The van der Waals surface area contributed by atoms with Crippen molar-refractivity contribution >= 4 is 11.5 Å². The van der Waals surface area contributed by atoms with Gasteiger partial charge in [0.15, 0.2) is 0 Å². The first-order valence-electron chi connectivity index (χ1n) is 7.61. The van der Waals surface area contributed by atoms with E-state index >= 15 is 0 Å². The third kappa shape index (κ3) is 3.27. The summed E-state index contributed by atoms with van der Waals surface area (Å²) in [6.07, 6.45) is 0. The summed E-state index contributed by atoms with van der Waals surface area (Å²) in [5, 5.41) is 25.7. The van der Waals surface area contributed by atoms with Gasteiger partial charge in [-0.1, -0.05) is 23.0 Å². The van der Waals surface area contributed by atoms with Gasteiger partial charge in [0, 0.05) is 0 Å². The van der Waals surface area contributed by atoms with Crippen molar-refractivity contribution in [2.24, 2.45) is 4.99 Å². The van der Waals surface area contributed by atoms with Gasteiger partial charge in [0.25, 0.3) is 5.49 Å². The molecule has 0 unspecified atom stereocenters. The molecule has 0 radical (unpaired) electrons. The topological polar surface area (TPSA) is 98.5 Å². The Morgan fingerprint density at radius 2 is 1.76 bits per heavy atom. The summed E-state index contributed by atoms with van der Waals surface area (Å²) in [6, 6.07) is 12.6. The van der Waals surface area contributed by atoms with Gasteiger partial charge in [0.1, 0.15) is 5.69 Å². The molecule has 0 spiro atoms. The van der Waals surface area contributed by atoms with Crippen molar-refractivity contribution in [1.82, 2.24) is 14.7 Å². The molecule has 8 heteroatoms. The molecule has 8 nitrogen and oxygen atoms in total. The number of aryl methyl sites for hydroxylation is 3. The van der Waals surface area contributed by atoms with E-state index in [-0.39, 0.29) is 5.49 Å². The number of aromatic nitrogens is 3. The molecule has 25 heavy (non-hydrogen) atoms. The molecule has 2 aromatic carbocycles. The van der Waals surface area contributed by atoms with Crippen LogP contribution in [0.1, 0.15) is 16.7 Å². The minimum atomic E-state index is -0.666. The maximum atomic E-state index is 11.4. The fraction of sp³-hybridized carbons (Fsp3) is 0.176. The van der Waals surface area contributed by atoms with Crippen molar-refractivity contribution in [3.63, 3.8) is 0 Å². The second-order valence-electron chi connectivity index (χ2n) is 5.88. The highest BCUT2D eigenvalue weighted by molar-refractivity contribution is 5.44. The Labute approximate surface area is 143 Å². The number of hydrogen-bond acceptors (Lipinski definition) is 5. The molecule has 0 aliphatic carbocycles. The number of nitrogens with zero attached hydrogens (tertiary/aromatic N) is 5. The zero-order chi connectivity index (χ0) is 18.1. The molecule has 1 heterocycles. The molecule has 0 aliphatic rings. The SMILES string of the molecule is Cc1cc(C)cc(N=c2c([N+](=O)[O-])nn(-c3cccc(C)c3)n2O)c1. The molecule has 0 saturated carbocycles. The second-order valence-corrected chi connectivity index (χ2v) is 5.88.